The fourth-order valence-corrected chi connectivity index (χ4v) is 3.34. The lowest BCUT2D eigenvalue weighted by atomic mass is 9.79. The zero-order valence-corrected chi connectivity index (χ0v) is 10.3. The zero-order valence-electron chi connectivity index (χ0n) is 9.52. The molecular formula is C10H20FNO3S. The van der Waals surface area contributed by atoms with Crippen molar-refractivity contribution in [3.63, 3.8) is 0 Å². The minimum Gasteiger partial charge on any atom is -0.325 e. The molecule has 0 aliphatic heterocycles. The molecule has 6 heteroatoms. The van der Waals surface area contributed by atoms with Crippen LogP contribution in [0.4, 0.5) is 4.39 Å². The summed E-state index contributed by atoms with van der Waals surface area (Å²) in [6.07, 6.45) is 4.84. The third-order valence-corrected chi connectivity index (χ3v) is 4.25. The Morgan fingerprint density at radius 1 is 1.44 bits per heavy atom. The van der Waals surface area contributed by atoms with E-state index in [4.69, 9.17) is 10.3 Å². The highest BCUT2D eigenvalue weighted by Crippen LogP contribution is 2.32. The number of nitrogens with two attached hydrogens (primary N) is 1. The van der Waals surface area contributed by atoms with Crippen molar-refractivity contribution in [3.8, 4) is 0 Å². The van der Waals surface area contributed by atoms with Crippen molar-refractivity contribution >= 4 is 10.1 Å². The first-order valence-electron chi connectivity index (χ1n) is 5.62. The smallest absolute Gasteiger partial charge is 0.268 e. The van der Waals surface area contributed by atoms with E-state index >= 15 is 0 Å². The summed E-state index contributed by atoms with van der Waals surface area (Å²) in [5, 5.41) is 0. The summed E-state index contributed by atoms with van der Waals surface area (Å²) in [6.45, 7) is 1.15. The van der Waals surface area contributed by atoms with Crippen LogP contribution in [0.5, 0.6) is 0 Å². The third-order valence-electron chi connectivity index (χ3n) is 3.32. The van der Waals surface area contributed by atoms with Gasteiger partial charge in [-0.2, -0.15) is 8.42 Å². The van der Waals surface area contributed by atoms with Gasteiger partial charge in [-0.05, 0) is 25.7 Å². The molecule has 2 unspecified atom stereocenters. The summed E-state index contributed by atoms with van der Waals surface area (Å²) in [5.41, 5.74) is 3.72. The highest BCUT2D eigenvalue weighted by Gasteiger charge is 2.40. The molecular weight excluding hydrogens is 233 g/mol. The summed E-state index contributed by atoms with van der Waals surface area (Å²) in [4.78, 5) is 0. The molecule has 0 radical (unpaired) electrons. The Bertz CT molecular complexity index is 323. The van der Waals surface area contributed by atoms with E-state index in [1.165, 1.54) is 0 Å². The highest BCUT2D eigenvalue weighted by molar-refractivity contribution is 7.85. The van der Waals surface area contributed by atoms with Crippen molar-refractivity contribution < 1.29 is 17.4 Å². The molecule has 3 N–H and O–H groups in total. The maximum atomic E-state index is 14.1. The van der Waals surface area contributed by atoms with Gasteiger partial charge in [0.25, 0.3) is 10.1 Å². The zero-order chi connectivity index (χ0) is 12.4. The second-order valence-corrected chi connectivity index (χ2v) is 6.38. The predicted molar refractivity (Wildman–Crippen MR) is 60.5 cm³/mol. The van der Waals surface area contributed by atoms with Gasteiger partial charge in [-0.25, -0.2) is 4.39 Å². The lowest BCUT2D eigenvalue weighted by Gasteiger charge is -2.35. The minimum atomic E-state index is -4.32. The molecule has 0 saturated heterocycles. The molecule has 0 bridgehead atoms. The van der Waals surface area contributed by atoms with Crippen LogP contribution in [0, 0.1) is 5.92 Å². The van der Waals surface area contributed by atoms with Gasteiger partial charge >= 0.3 is 0 Å². The van der Waals surface area contributed by atoms with E-state index in [2.05, 4.69) is 0 Å². The van der Waals surface area contributed by atoms with E-state index in [0.717, 1.165) is 39.0 Å². The maximum absolute atomic E-state index is 14.1. The van der Waals surface area contributed by atoms with E-state index in [9.17, 15) is 12.8 Å². The first-order chi connectivity index (χ1) is 7.22. The fraction of sp³-hybridized carbons (Fsp3) is 1.00. The molecule has 1 aliphatic carbocycles. The molecule has 0 amide bonds. The molecule has 1 saturated carbocycles. The first kappa shape index (κ1) is 13.9. The van der Waals surface area contributed by atoms with Gasteiger partial charge in [0, 0.05) is 6.04 Å². The summed E-state index contributed by atoms with van der Waals surface area (Å²) >= 11 is 0. The van der Waals surface area contributed by atoms with Gasteiger partial charge in [0.2, 0.25) is 0 Å². The van der Waals surface area contributed by atoms with E-state index in [-0.39, 0.29) is 5.92 Å². The van der Waals surface area contributed by atoms with Crippen LogP contribution >= 0.6 is 0 Å². The van der Waals surface area contributed by atoms with Crippen molar-refractivity contribution in [1.29, 1.82) is 0 Å². The Kier molecular flexibility index (Phi) is 4.31. The average molecular weight is 253 g/mol. The average Bonchev–Trinajstić information content (AvgIpc) is 2.14. The van der Waals surface area contributed by atoms with Crippen molar-refractivity contribution in [2.24, 2.45) is 11.7 Å². The normalized spacial score (nSPS) is 25.0. The second kappa shape index (κ2) is 4.98. The lowest BCUT2D eigenvalue weighted by Crippen LogP contribution is -2.51. The van der Waals surface area contributed by atoms with E-state index in [1.807, 2.05) is 0 Å². The van der Waals surface area contributed by atoms with E-state index in [0.29, 0.717) is 0 Å². The third kappa shape index (κ3) is 3.99. The van der Waals surface area contributed by atoms with Gasteiger partial charge in [-0.3, -0.25) is 4.55 Å². The maximum Gasteiger partial charge on any atom is 0.268 e. The number of hydrogen-bond donors (Lipinski definition) is 2. The molecule has 1 rings (SSSR count). The van der Waals surface area contributed by atoms with Crippen LogP contribution in [-0.2, 0) is 10.1 Å². The van der Waals surface area contributed by atoms with Crippen molar-refractivity contribution in [3.05, 3.63) is 0 Å². The van der Waals surface area contributed by atoms with Crippen LogP contribution in [0.25, 0.3) is 0 Å². The highest BCUT2D eigenvalue weighted by atomic mass is 32.2. The van der Waals surface area contributed by atoms with Crippen LogP contribution in [0.15, 0.2) is 0 Å². The van der Waals surface area contributed by atoms with Gasteiger partial charge in [-0.15, -0.1) is 0 Å². The van der Waals surface area contributed by atoms with Crippen LogP contribution in [0.2, 0.25) is 0 Å². The topological polar surface area (TPSA) is 80.4 Å². The Balaban J connectivity index is 2.66. The number of halogens is 1. The molecule has 4 nitrogen and oxygen atoms in total. The van der Waals surface area contributed by atoms with Crippen molar-refractivity contribution in [1.82, 2.24) is 0 Å². The Labute approximate surface area is 96.2 Å². The summed E-state index contributed by atoms with van der Waals surface area (Å²) < 4.78 is 44.2. The van der Waals surface area contributed by atoms with E-state index < -0.39 is 27.6 Å². The molecule has 0 aromatic rings. The first-order valence-corrected chi connectivity index (χ1v) is 7.23. The summed E-state index contributed by atoms with van der Waals surface area (Å²) in [5.74, 6) is -0.900. The monoisotopic (exact) mass is 253 g/mol. The quantitative estimate of drug-likeness (QED) is 0.744. The van der Waals surface area contributed by atoms with Gasteiger partial charge in [0.15, 0.2) is 0 Å². The molecule has 96 valence electrons. The Hall–Kier alpha value is -0.200. The summed E-state index contributed by atoms with van der Waals surface area (Å²) in [7, 11) is -4.32. The van der Waals surface area contributed by atoms with Crippen LogP contribution in [0.1, 0.15) is 39.0 Å². The molecule has 0 heterocycles. The molecule has 0 aromatic carbocycles. The number of rotatable bonds is 4. The molecule has 0 aromatic heterocycles. The standard InChI is InChI=1S/C10H20FNO3S/c1-10(11,7-16(13,14)15)9(12)8-5-3-2-4-6-8/h8-9H,2-7,12H2,1H3,(H,13,14,15). The number of hydrogen-bond acceptors (Lipinski definition) is 3. The van der Waals surface area contributed by atoms with Gasteiger partial charge in [-0.1, -0.05) is 19.3 Å². The molecule has 1 fully saturated rings. The van der Waals surface area contributed by atoms with Crippen LogP contribution < -0.4 is 5.73 Å². The summed E-state index contributed by atoms with van der Waals surface area (Å²) in [6, 6.07) is -0.824. The predicted octanol–water partition coefficient (Wildman–Crippen LogP) is 1.51. The van der Waals surface area contributed by atoms with Gasteiger partial charge in [0.05, 0.1) is 0 Å². The molecule has 1 aliphatic rings. The SMILES string of the molecule is CC(F)(CS(=O)(=O)O)C(N)C1CCCCC1. The molecule has 0 spiro atoms. The van der Waals surface area contributed by atoms with Crippen molar-refractivity contribution in [2.75, 3.05) is 5.75 Å². The van der Waals surface area contributed by atoms with Gasteiger partial charge in [0.1, 0.15) is 11.4 Å². The van der Waals surface area contributed by atoms with E-state index in [1.54, 1.807) is 0 Å². The fourth-order valence-electron chi connectivity index (χ4n) is 2.44. The van der Waals surface area contributed by atoms with Gasteiger partial charge < -0.3 is 5.73 Å². The Morgan fingerprint density at radius 3 is 2.38 bits per heavy atom. The number of alkyl halides is 1. The second-order valence-electron chi connectivity index (χ2n) is 4.93. The lowest BCUT2D eigenvalue weighted by molar-refractivity contribution is 0.117. The molecule has 16 heavy (non-hydrogen) atoms. The van der Waals surface area contributed by atoms with Crippen molar-refractivity contribution in [2.45, 2.75) is 50.7 Å². The molecule has 2 atom stereocenters. The van der Waals surface area contributed by atoms with Crippen LogP contribution in [0.3, 0.4) is 0 Å². The minimum absolute atomic E-state index is 0.0190. The Morgan fingerprint density at radius 2 is 1.94 bits per heavy atom. The van der Waals surface area contributed by atoms with Crippen LogP contribution in [-0.4, -0.2) is 30.4 Å². The largest absolute Gasteiger partial charge is 0.325 e.